The van der Waals surface area contributed by atoms with Crippen molar-refractivity contribution in [3.05, 3.63) is 129 Å². The Morgan fingerprint density at radius 3 is 2.06 bits per heavy atom. The van der Waals surface area contributed by atoms with E-state index in [4.69, 9.17) is 23.2 Å². The van der Waals surface area contributed by atoms with E-state index in [9.17, 15) is 9.50 Å². The highest BCUT2D eigenvalue weighted by molar-refractivity contribution is 6.31. The number of rotatable bonds is 3. The largest absolute Gasteiger partial charge is 0.363 e. The molecule has 5 rings (SSSR count). The SMILES string of the molecule is OC1(c2ccccc2F)c2cc(Cl)ccc2N=C(c2ccccc2F)N1c1ccc(Cl)cc1. The maximum absolute atomic E-state index is 15.2. The van der Waals surface area contributed by atoms with Gasteiger partial charge in [-0.25, -0.2) is 13.8 Å². The molecule has 0 fully saturated rings. The zero-order valence-electron chi connectivity index (χ0n) is 17.0. The van der Waals surface area contributed by atoms with E-state index in [1.807, 2.05) is 0 Å². The Labute approximate surface area is 199 Å². The van der Waals surface area contributed by atoms with E-state index in [0.717, 1.165) is 0 Å². The number of nitrogens with zero attached hydrogens (tertiary/aromatic N) is 2. The third kappa shape index (κ3) is 3.59. The minimum Gasteiger partial charge on any atom is -0.363 e. The van der Waals surface area contributed by atoms with Gasteiger partial charge in [-0.05, 0) is 60.7 Å². The summed E-state index contributed by atoms with van der Waals surface area (Å²) >= 11 is 12.4. The van der Waals surface area contributed by atoms with Gasteiger partial charge in [0, 0.05) is 26.9 Å². The predicted molar refractivity (Wildman–Crippen MR) is 127 cm³/mol. The topological polar surface area (TPSA) is 35.8 Å². The van der Waals surface area contributed by atoms with Crippen LogP contribution in [0.15, 0.2) is 96.0 Å². The summed E-state index contributed by atoms with van der Waals surface area (Å²) in [5.74, 6) is -1.07. The smallest absolute Gasteiger partial charge is 0.201 e. The summed E-state index contributed by atoms with van der Waals surface area (Å²) in [5.41, 5.74) is -0.963. The first-order chi connectivity index (χ1) is 15.9. The number of fused-ring (bicyclic) bond motifs is 1. The van der Waals surface area contributed by atoms with Crippen LogP contribution in [-0.2, 0) is 5.72 Å². The predicted octanol–water partition coefficient (Wildman–Crippen LogP) is 7.06. The summed E-state index contributed by atoms with van der Waals surface area (Å²) in [5, 5.41) is 13.2. The summed E-state index contributed by atoms with van der Waals surface area (Å²) in [6.45, 7) is 0. The zero-order chi connectivity index (χ0) is 23.2. The van der Waals surface area contributed by atoms with Gasteiger partial charge in [0.15, 0.2) is 0 Å². The van der Waals surface area contributed by atoms with Crippen LogP contribution >= 0.6 is 23.2 Å². The molecule has 1 unspecified atom stereocenters. The van der Waals surface area contributed by atoms with Gasteiger partial charge in [-0.1, -0.05) is 53.5 Å². The van der Waals surface area contributed by atoms with Gasteiger partial charge in [-0.2, -0.15) is 0 Å². The van der Waals surface area contributed by atoms with Crippen molar-refractivity contribution in [2.45, 2.75) is 5.72 Å². The van der Waals surface area contributed by atoms with Gasteiger partial charge in [0.25, 0.3) is 0 Å². The summed E-state index contributed by atoms with van der Waals surface area (Å²) in [4.78, 5) is 6.08. The van der Waals surface area contributed by atoms with E-state index >= 15 is 4.39 Å². The molecular formula is C26H16Cl2F2N2O. The van der Waals surface area contributed by atoms with E-state index in [0.29, 0.717) is 21.4 Å². The van der Waals surface area contributed by atoms with Gasteiger partial charge in [0.1, 0.15) is 17.5 Å². The molecule has 0 aliphatic carbocycles. The summed E-state index contributed by atoms with van der Waals surface area (Å²) in [7, 11) is 0. The van der Waals surface area contributed by atoms with Crippen molar-refractivity contribution in [2.24, 2.45) is 4.99 Å². The molecule has 3 nitrogen and oxygen atoms in total. The lowest BCUT2D eigenvalue weighted by molar-refractivity contribution is 0.0860. The first-order valence-electron chi connectivity index (χ1n) is 10.1. The molecule has 1 heterocycles. The average molecular weight is 481 g/mol. The van der Waals surface area contributed by atoms with E-state index in [2.05, 4.69) is 4.99 Å². The number of aliphatic hydroxyl groups is 1. The van der Waals surface area contributed by atoms with E-state index in [1.54, 1.807) is 60.7 Å². The number of aliphatic imine (C=N–C) groups is 1. The average Bonchev–Trinajstić information content (AvgIpc) is 2.81. The second kappa shape index (κ2) is 8.27. The van der Waals surface area contributed by atoms with Gasteiger partial charge in [-0.3, -0.25) is 4.90 Å². The molecule has 1 aliphatic heterocycles. The molecule has 0 saturated carbocycles. The molecule has 1 aliphatic rings. The fourth-order valence-electron chi connectivity index (χ4n) is 4.05. The second-order valence-corrected chi connectivity index (χ2v) is 8.41. The van der Waals surface area contributed by atoms with Crippen LogP contribution in [0.5, 0.6) is 0 Å². The van der Waals surface area contributed by atoms with Crippen molar-refractivity contribution in [2.75, 3.05) is 4.90 Å². The van der Waals surface area contributed by atoms with Crippen molar-refractivity contribution in [3.63, 3.8) is 0 Å². The fraction of sp³-hybridized carbons (Fsp3) is 0.0385. The number of hydrogen-bond acceptors (Lipinski definition) is 3. The van der Waals surface area contributed by atoms with Gasteiger partial charge in [0.2, 0.25) is 5.72 Å². The van der Waals surface area contributed by atoms with Crippen molar-refractivity contribution in [3.8, 4) is 0 Å². The van der Waals surface area contributed by atoms with Crippen molar-refractivity contribution < 1.29 is 13.9 Å². The van der Waals surface area contributed by atoms with Gasteiger partial charge in [0.05, 0.1) is 11.3 Å². The molecule has 33 heavy (non-hydrogen) atoms. The van der Waals surface area contributed by atoms with E-state index in [-0.39, 0.29) is 22.5 Å². The molecule has 0 aromatic heterocycles. The standard InChI is InChI=1S/C26H16Cl2F2N2O/c27-16-9-12-18(13-10-16)32-25(19-5-1-3-7-22(19)29)31-24-14-11-17(28)15-21(24)26(32,33)20-6-2-4-8-23(20)30/h1-15,33H. The summed E-state index contributed by atoms with van der Waals surface area (Å²) in [6.07, 6.45) is 0. The van der Waals surface area contributed by atoms with Crippen LogP contribution in [0.4, 0.5) is 20.2 Å². The second-order valence-electron chi connectivity index (χ2n) is 7.54. The highest BCUT2D eigenvalue weighted by Gasteiger charge is 2.48. The fourth-order valence-corrected chi connectivity index (χ4v) is 4.35. The number of amidine groups is 1. The molecule has 1 atom stereocenters. The number of halogens is 4. The molecule has 1 N–H and O–H groups in total. The molecule has 4 aromatic rings. The minimum absolute atomic E-state index is 0.0350. The molecule has 0 saturated heterocycles. The lowest BCUT2D eigenvalue weighted by Crippen LogP contribution is -2.53. The minimum atomic E-state index is -2.10. The first-order valence-corrected chi connectivity index (χ1v) is 10.8. The van der Waals surface area contributed by atoms with Crippen LogP contribution in [0, 0.1) is 11.6 Å². The van der Waals surface area contributed by atoms with Crippen molar-refractivity contribution in [1.29, 1.82) is 0 Å². The normalized spacial score (nSPS) is 17.5. The maximum Gasteiger partial charge on any atom is 0.201 e. The lowest BCUT2D eigenvalue weighted by Gasteiger charge is -2.45. The van der Waals surface area contributed by atoms with Crippen molar-refractivity contribution >= 4 is 40.4 Å². The quantitative estimate of drug-likeness (QED) is 0.340. The van der Waals surface area contributed by atoms with Crippen LogP contribution < -0.4 is 4.90 Å². The maximum atomic E-state index is 15.2. The Kier molecular flexibility index (Phi) is 5.41. The number of hydrogen-bond donors (Lipinski definition) is 1. The Morgan fingerprint density at radius 1 is 0.727 bits per heavy atom. The molecule has 4 aromatic carbocycles. The van der Waals surface area contributed by atoms with Crippen LogP contribution in [0.2, 0.25) is 10.0 Å². The Bertz CT molecular complexity index is 1390. The first kappa shape index (κ1) is 21.6. The van der Waals surface area contributed by atoms with Gasteiger partial charge >= 0.3 is 0 Å². The molecular weight excluding hydrogens is 465 g/mol. The van der Waals surface area contributed by atoms with Crippen LogP contribution in [0.3, 0.4) is 0 Å². The Morgan fingerprint density at radius 2 is 1.36 bits per heavy atom. The number of benzene rings is 4. The molecule has 0 spiro atoms. The molecule has 0 radical (unpaired) electrons. The molecule has 7 heteroatoms. The molecule has 164 valence electrons. The monoisotopic (exact) mass is 480 g/mol. The van der Waals surface area contributed by atoms with E-state index < -0.39 is 17.4 Å². The Hall–Kier alpha value is -3.25. The summed E-state index contributed by atoms with van der Waals surface area (Å²) in [6, 6.07) is 23.3. The van der Waals surface area contributed by atoms with Gasteiger partial charge in [-0.15, -0.1) is 0 Å². The third-order valence-corrected chi connectivity index (χ3v) is 6.03. The van der Waals surface area contributed by atoms with Crippen molar-refractivity contribution in [1.82, 2.24) is 0 Å². The Balaban J connectivity index is 1.90. The zero-order valence-corrected chi connectivity index (χ0v) is 18.5. The highest BCUT2D eigenvalue weighted by atomic mass is 35.5. The molecule has 0 bridgehead atoms. The van der Waals surface area contributed by atoms with Crippen LogP contribution in [0.25, 0.3) is 0 Å². The van der Waals surface area contributed by atoms with Crippen LogP contribution in [-0.4, -0.2) is 10.9 Å². The lowest BCUT2D eigenvalue weighted by atomic mass is 9.88. The van der Waals surface area contributed by atoms with Gasteiger partial charge < -0.3 is 5.11 Å². The highest BCUT2D eigenvalue weighted by Crippen LogP contribution is 2.47. The van der Waals surface area contributed by atoms with E-state index in [1.165, 1.54) is 35.2 Å². The third-order valence-electron chi connectivity index (χ3n) is 5.54. The summed E-state index contributed by atoms with van der Waals surface area (Å²) < 4.78 is 30.2. The van der Waals surface area contributed by atoms with Crippen LogP contribution in [0.1, 0.15) is 16.7 Å². The molecule has 0 amide bonds. The number of anilines is 1.